The van der Waals surface area contributed by atoms with Gasteiger partial charge in [-0.2, -0.15) is 0 Å². The van der Waals surface area contributed by atoms with E-state index in [1.165, 1.54) is 0 Å². The summed E-state index contributed by atoms with van der Waals surface area (Å²) in [6.45, 7) is 0.267. The molecular weight excluding hydrogens is 242 g/mol. The monoisotopic (exact) mass is 253 g/mol. The maximum Gasteiger partial charge on any atom is 0.338 e. The summed E-state index contributed by atoms with van der Waals surface area (Å²) in [5, 5.41) is 2.80. The van der Waals surface area contributed by atoms with Crippen molar-refractivity contribution in [1.82, 2.24) is 0 Å². The highest BCUT2D eigenvalue weighted by Gasteiger charge is 2.21. The minimum absolute atomic E-state index is 0.175. The number of fused-ring (bicyclic) bond motifs is 1. The lowest BCUT2D eigenvalue weighted by Gasteiger charge is -2.06. The zero-order valence-electron chi connectivity index (χ0n) is 10.1. The van der Waals surface area contributed by atoms with Crippen LogP contribution in [-0.2, 0) is 11.3 Å². The van der Waals surface area contributed by atoms with E-state index in [0.29, 0.717) is 16.8 Å². The van der Waals surface area contributed by atoms with Crippen molar-refractivity contribution in [1.29, 1.82) is 0 Å². The second-order valence-corrected chi connectivity index (χ2v) is 4.27. The first-order valence-corrected chi connectivity index (χ1v) is 5.90. The van der Waals surface area contributed by atoms with Gasteiger partial charge in [0, 0.05) is 16.8 Å². The highest BCUT2D eigenvalue weighted by Crippen LogP contribution is 2.23. The molecule has 1 aliphatic rings. The largest absolute Gasteiger partial charge is 0.457 e. The van der Waals surface area contributed by atoms with Gasteiger partial charge in [-0.1, -0.05) is 18.2 Å². The minimum Gasteiger partial charge on any atom is -0.457 e. The predicted octanol–water partition coefficient (Wildman–Crippen LogP) is 2.61. The molecule has 2 aromatic carbocycles. The molecule has 4 nitrogen and oxygen atoms in total. The number of ether oxygens (including phenoxy) is 1. The number of amides is 1. The number of rotatable bonds is 2. The Hall–Kier alpha value is -2.62. The number of carbonyl (C=O) groups excluding carboxylic acids is 2. The van der Waals surface area contributed by atoms with Crippen LogP contribution in [0, 0.1) is 0 Å². The smallest absolute Gasteiger partial charge is 0.338 e. The first-order chi connectivity index (χ1) is 9.24. The highest BCUT2D eigenvalue weighted by atomic mass is 16.5. The zero-order valence-corrected chi connectivity index (χ0v) is 10.1. The van der Waals surface area contributed by atoms with Gasteiger partial charge in [0.2, 0.25) is 0 Å². The van der Waals surface area contributed by atoms with E-state index in [1.807, 2.05) is 18.2 Å². The van der Waals surface area contributed by atoms with Gasteiger partial charge in [-0.05, 0) is 30.3 Å². The first-order valence-electron chi connectivity index (χ1n) is 5.90. The summed E-state index contributed by atoms with van der Waals surface area (Å²) >= 11 is 0. The van der Waals surface area contributed by atoms with Crippen molar-refractivity contribution in [3.8, 4) is 0 Å². The molecule has 0 radical (unpaired) electrons. The van der Waals surface area contributed by atoms with Crippen LogP contribution in [-0.4, -0.2) is 11.9 Å². The van der Waals surface area contributed by atoms with Crippen LogP contribution in [0.4, 0.5) is 5.69 Å². The van der Waals surface area contributed by atoms with Crippen LogP contribution in [0.1, 0.15) is 26.3 Å². The Bertz CT molecular complexity index is 650. The number of nitrogens with one attached hydrogen (secondary N) is 1. The molecule has 1 N–H and O–H groups in total. The average Bonchev–Trinajstić information content (AvgIpc) is 2.81. The van der Waals surface area contributed by atoms with Gasteiger partial charge < -0.3 is 10.1 Å². The molecule has 0 saturated heterocycles. The predicted molar refractivity (Wildman–Crippen MR) is 70.0 cm³/mol. The van der Waals surface area contributed by atoms with E-state index < -0.39 is 0 Å². The third-order valence-corrected chi connectivity index (χ3v) is 2.98. The standard InChI is InChI=1S/C15H11NO3/c17-14(10-4-2-1-3-5-10)16-12-6-7-13-11(8-12)9-19-15(13)18/h1-8H,9H2,(H,16,17). The van der Waals surface area contributed by atoms with Crippen molar-refractivity contribution >= 4 is 17.6 Å². The van der Waals surface area contributed by atoms with Crippen molar-refractivity contribution in [2.75, 3.05) is 5.32 Å². The SMILES string of the molecule is O=C(Nc1ccc2c(c1)COC2=O)c1ccccc1. The molecule has 0 unspecified atom stereocenters. The topological polar surface area (TPSA) is 55.4 Å². The lowest BCUT2D eigenvalue weighted by atomic mass is 10.1. The fourth-order valence-corrected chi connectivity index (χ4v) is 2.00. The van der Waals surface area contributed by atoms with E-state index in [1.54, 1.807) is 30.3 Å². The fourth-order valence-electron chi connectivity index (χ4n) is 2.00. The molecule has 1 amide bonds. The first kappa shape index (κ1) is 11.5. The fraction of sp³-hybridized carbons (Fsp3) is 0.0667. The summed E-state index contributed by atoms with van der Waals surface area (Å²) in [5.41, 5.74) is 2.62. The van der Waals surface area contributed by atoms with E-state index in [9.17, 15) is 9.59 Å². The summed E-state index contributed by atoms with van der Waals surface area (Å²) < 4.78 is 4.92. The molecule has 4 heteroatoms. The molecule has 1 heterocycles. The third kappa shape index (κ3) is 2.20. The lowest BCUT2D eigenvalue weighted by molar-refractivity contribution is 0.0535. The van der Waals surface area contributed by atoms with E-state index >= 15 is 0 Å². The number of benzene rings is 2. The zero-order chi connectivity index (χ0) is 13.2. The van der Waals surface area contributed by atoms with Crippen molar-refractivity contribution in [3.63, 3.8) is 0 Å². The van der Waals surface area contributed by atoms with E-state index in [4.69, 9.17) is 4.74 Å². The molecule has 0 saturated carbocycles. The second-order valence-electron chi connectivity index (χ2n) is 4.27. The average molecular weight is 253 g/mol. The Morgan fingerprint density at radius 3 is 2.68 bits per heavy atom. The molecular formula is C15H11NO3. The van der Waals surface area contributed by atoms with Crippen molar-refractivity contribution in [3.05, 3.63) is 65.2 Å². The van der Waals surface area contributed by atoms with Crippen LogP contribution >= 0.6 is 0 Å². The molecule has 0 atom stereocenters. The van der Waals surface area contributed by atoms with E-state index in [-0.39, 0.29) is 18.5 Å². The van der Waals surface area contributed by atoms with Gasteiger partial charge in [0.25, 0.3) is 5.91 Å². The summed E-state index contributed by atoms with van der Waals surface area (Å²) in [6, 6.07) is 14.1. The highest BCUT2D eigenvalue weighted by molar-refractivity contribution is 6.04. The number of carbonyl (C=O) groups is 2. The second kappa shape index (κ2) is 4.57. The van der Waals surface area contributed by atoms with Crippen LogP contribution in [0.2, 0.25) is 0 Å². The molecule has 0 aromatic heterocycles. The minimum atomic E-state index is -0.309. The van der Waals surface area contributed by atoms with Crippen LogP contribution in [0.25, 0.3) is 0 Å². The number of cyclic esters (lactones) is 1. The van der Waals surface area contributed by atoms with E-state index in [2.05, 4.69) is 5.32 Å². The van der Waals surface area contributed by atoms with Gasteiger partial charge in [-0.15, -0.1) is 0 Å². The number of hydrogen-bond donors (Lipinski definition) is 1. The molecule has 2 aromatic rings. The number of hydrogen-bond acceptors (Lipinski definition) is 3. The van der Waals surface area contributed by atoms with Gasteiger partial charge >= 0.3 is 5.97 Å². The Labute approximate surface area is 110 Å². The van der Waals surface area contributed by atoms with Gasteiger partial charge in [0.15, 0.2) is 0 Å². The quantitative estimate of drug-likeness (QED) is 0.837. The molecule has 0 fully saturated rings. The third-order valence-electron chi connectivity index (χ3n) is 2.98. The summed E-state index contributed by atoms with van der Waals surface area (Å²) in [4.78, 5) is 23.3. The molecule has 0 spiro atoms. The summed E-state index contributed by atoms with van der Waals surface area (Å²) in [6.07, 6.45) is 0. The molecule has 19 heavy (non-hydrogen) atoms. The van der Waals surface area contributed by atoms with Crippen molar-refractivity contribution < 1.29 is 14.3 Å². The normalized spacial score (nSPS) is 12.7. The van der Waals surface area contributed by atoms with Gasteiger partial charge in [-0.3, -0.25) is 4.79 Å². The van der Waals surface area contributed by atoms with Crippen molar-refractivity contribution in [2.24, 2.45) is 0 Å². The Balaban J connectivity index is 1.81. The van der Waals surface area contributed by atoms with Crippen LogP contribution < -0.4 is 5.32 Å². The molecule has 1 aliphatic heterocycles. The number of anilines is 1. The maximum absolute atomic E-state index is 12.0. The Morgan fingerprint density at radius 1 is 1.11 bits per heavy atom. The van der Waals surface area contributed by atoms with Crippen molar-refractivity contribution in [2.45, 2.75) is 6.61 Å². The summed E-state index contributed by atoms with van der Waals surface area (Å²) in [5.74, 6) is -0.485. The summed E-state index contributed by atoms with van der Waals surface area (Å²) in [7, 11) is 0. The van der Waals surface area contributed by atoms with Gasteiger partial charge in [-0.25, -0.2) is 4.79 Å². The Kier molecular flexibility index (Phi) is 2.76. The molecule has 0 aliphatic carbocycles. The van der Waals surface area contributed by atoms with Crippen LogP contribution in [0.3, 0.4) is 0 Å². The van der Waals surface area contributed by atoms with Gasteiger partial charge in [0.05, 0.1) is 5.56 Å². The van der Waals surface area contributed by atoms with Crippen LogP contribution in [0.5, 0.6) is 0 Å². The molecule has 0 bridgehead atoms. The number of esters is 1. The molecule has 3 rings (SSSR count). The van der Waals surface area contributed by atoms with Crippen LogP contribution in [0.15, 0.2) is 48.5 Å². The Morgan fingerprint density at radius 2 is 1.89 bits per heavy atom. The van der Waals surface area contributed by atoms with E-state index in [0.717, 1.165) is 5.56 Å². The lowest BCUT2D eigenvalue weighted by Crippen LogP contribution is -2.11. The molecule has 94 valence electrons. The van der Waals surface area contributed by atoms with Gasteiger partial charge in [0.1, 0.15) is 6.61 Å². The maximum atomic E-state index is 12.0.